The van der Waals surface area contributed by atoms with Crippen molar-refractivity contribution in [3.05, 3.63) is 53.4 Å². The van der Waals surface area contributed by atoms with E-state index in [1.807, 2.05) is 0 Å². The molecule has 0 spiro atoms. The van der Waals surface area contributed by atoms with Crippen molar-refractivity contribution in [3.63, 3.8) is 0 Å². The topological polar surface area (TPSA) is 77.0 Å². The fourth-order valence-corrected chi connectivity index (χ4v) is 5.21. The molecule has 0 radical (unpaired) electrons. The lowest BCUT2D eigenvalue weighted by atomic mass is 9.57. The summed E-state index contributed by atoms with van der Waals surface area (Å²) >= 11 is 0. The Morgan fingerprint density at radius 1 is 1.00 bits per heavy atom. The van der Waals surface area contributed by atoms with Gasteiger partial charge in [-0.05, 0) is 68.9 Å². The minimum absolute atomic E-state index is 0.362. The molecule has 0 atom stereocenters. The normalized spacial score (nSPS) is 21.8. The number of hydrogen-bond acceptors (Lipinski definition) is 6. The van der Waals surface area contributed by atoms with E-state index in [9.17, 15) is 0 Å². The molecule has 6 heteroatoms. The van der Waals surface area contributed by atoms with Gasteiger partial charge < -0.3 is 14.4 Å². The Kier molecular flexibility index (Phi) is 3.75. The Morgan fingerprint density at radius 2 is 1.87 bits per heavy atom. The van der Waals surface area contributed by atoms with Gasteiger partial charge in [-0.2, -0.15) is 4.98 Å². The fourth-order valence-electron chi connectivity index (χ4n) is 5.21. The van der Waals surface area contributed by atoms with Gasteiger partial charge in [0.25, 0.3) is 5.89 Å². The Morgan fingerprint density at radius 3 is 2.65 bits per heavy atom. The molecule has 3 aromatic rings. The lowest BCUT2D eigenvalue weighted by Crippen LogP contribution is -2.41. The van der Waals surface area contributed by atoms with E-state index in [0.29, 0.717) is 17.3 Å². The molecule has 3 fully saturated rings. The zero-order valence-electron chi connectivity index (χ0n) is 17.6. The number of fused-ring (bicyclic) bond motifs is 2. The van der Waals surface area contributed by atoms with Gasteiger partial charge >= 0.3 is 0 Å². The van der Waals surface area contributed by atoms with Crippen LogP contribution in [0.3, 0.4) is 0 Å². The third-order valence-electron chi connectivity index (χ3n) is 7.49. The van der Waals surface area contributed by atoms with Crippen molar-refractivity contribution < 1.29 is 9.05 Å². The lowest BCUT2D eigenvalue weighted by molar-refractivity contribution is 0.191. The molecule has 0 aliphatic heterocycles. The van der Waals surface area contributed by atoms with Crippen molar-refractivity contribution in [2.24, 2.45) is 5.41 Å². The maximum Gasteiger partial charge on any atom is 0.253 e. The summed E-state index contributed by atoms with van der Waals surface area (Å²) in [5.74, 6) is 3.86. The van der Waals surface area contributed by atoms with Gasteiger partial charge in [-0.15, -0.1) is 0 Å². The molecule has 3 saturated carbocycles. The molecule has 0 unspecified atom stereocenters. The summed E-state index contributed by atoms with van der Waals surface area (Å²) in [5, 5.41) is 12.2. The highest BCUT2D eigenvalue weighted by Crippen LogP contribution is 2.57. The summed E-state index contributed by atoms with van der Waals surface area (Å²) in [6, 6.07) is 10.6. The standard InChI is InChI=1S/C25H26N4O2/c1-2-17(21-11-22(30-28-21)15-4-5-15)10-19(3-1)26-14-25-9-8-20(18(12-25)13-25)24-27-23(29-31-24)16-6-7-16/h1-3,10-11,15-16,26H,4-9,12-14H2. The molecule has 0 saturated heterocycles. The summed E-state index contributed by atoms with van der Waals surface area (Å²) in [6.45, 7) is 0.997. The van der Waals surface area contributed by atoms with E-state index in [0.717, 1.165) is 60.2 Å². The molecule has 5 aliphatic carbocycles. The fraction of sp³-hybridized carbons (Fsp3) is 0.480. The highest BCUT2D eigenvalue weighted by Gasteiger charge is 2.46. The van der Waals surface area contributed by atoms with Crippen molar-refractivity contribution in [3.8, 4) is 11.3 Å². The van der Waals surface area contributed by atoms with Gasteiger partial charge in [0.2, 0.25) is 0 Å². The summed E-state index contributed by atoms with van der Waals surface area (Å²) in [7, 11) is 0. The van der Waals surface area contributed by atoms with Crippen LogP contribution in [-0.4, -0.2) is 21.8 Å². The summed E-state index contributed by atoms with van der Waals surface area (Å²) in [4.78, 5) is 4.68. The molecular formula is C25H26N4O2. The zero-order chi connectivity index (χ0) is 20.4. The quantitative estimate of drug-likeness (QED) is 0.517. The third-order valence-corrected chi connectivity index (χ3v) is 7.49. The van der Waals surface area contributed by atoms with Crippen LogP contribution in [0, 0.1) is 5.41 Å². The van der Waals surface area contributed by atoms with E-state index in [-0.39, 0.29) is 0 Å². The van der Waals surface area contributed by atoms with Crippen LogP contribution in [0.25, 0.3) is 16.8 Å². The summed E-state index contributed by atoms with van der Waals surface area (Å²) in [6.07, 6.45) is 9.38. The number of rotatable bonds is 7. The molecule has 6 nitrogen and oxygen atoms in total. The average molecular weight is 415 g/mol. The molecule has 1 aromatic carbocycles. The number of allylic oxidation sites excluding steroid dienone is 2. The molecule has 8 rings (SSSR count). The van der Waals surface area contributed by atoms with Gasteiger partial charge in [0.05, 0.1) is 0 Å². The van der Waals surface area contributed by atoms with Gasteiger partial charge in [0, 0.05) is 41.3 Å². The van der Waals surface area contributed by atoms with Crippen LogP contribution in [0.1, 0.15) is 80.7 Å². The molecule has 1 N–H and O–H groups in total. The molecule has 2 aromatic heterocycles. The highest BCUT2D eigenvalue weighted by molar-refractivity contribution is 5.68. The van der Waals surface area contributed by atoms with Crippen LogP contribution < -0.4 is 5.32 Å². The van der Waals surface area contributed by atoms with Crippen LogP contribution in [-0.2, 0) is 0 Å². The van der Waals surface area contributed by atoms with E-state index in [1.54, 1.807) is 0 Å². The molecular weight excluding hydrogens is 388 g/mol. The monoisotopic (exact) mass is 414 g/mol. The lowest BCUT2D eigenvalue weighted by Gasteiger charge is -2.49. The summed E-state index contributed by atoms with van der Waals surface area (Å²) < 4.78 is 11.1. The van der Waals surface area contributed by atoms with Crippen molar-refractivity contribution in [1.29, 1.82) is 0 Å². The average Bonchev–Trinajstić information content (AvgIpc) is 3.72. The van der Waals surface area contributed by atoms with Crippen LogP contribution in [0.2, 0.25) is 0 Å². The largest absolute Gasteiger partial charge is 0.384 e. The van der Waals surface area contributed by atoms with Gasteiger partial charge in [-0.1, -0.05) is 28.0 Å². The Labute approximate surface area is 181 Å². The second-order valence-corrected chi connectivity index (χ2v) is 9.99. The SMILES string of the molecule is c1cc(NCC23CCC(c4nc(C5CC5)no4)=C(C2)C3)cc(-c2cc(C3CC3)on2)c1. The predicted molar refractivity (Wildman–Crippen MR) is 116 cm³/mol. The first-order chi connectivity index (χ1) is 15.2. The van der Waals surface area contributed by atoms with Crippen LogP contribution in [0.15, 0.2) is 45.0 Å². The molecule has 31 heavy (non-hydrogen) atoms. The van der Waals surface area contributed by atoms with E-state index in [1.165, 1.54) is 43.3 Å². The van der Waals surface area contributed by atoms with Crippen molar-refractivity contribution in [2.75, 3.05) is 11.9 Å². The van der Waals surface area contributed by atoms with Crippen molar-refractivity contribution >= 4 is 11.3 Å². The van der Waals surface area contributed by atoms with Gasteiger partial charge in [-0.25, -0.2) is 0 Å². The number of hydrogen-bond donors (Lipinski definition) is 1. The third kappa shape index (κ3) is 3.20. The van der Waals surface area contributed by atoms with Crippen LogP contribution in [0.5, 0.6) is 0 Å². The molecule has 2 bridgehead atoms. The predicted octanol–water partition coefficient (Wildman–Crippen LogP) is 5.92. The van der Waals surface area contributed by atoms with Gasteiger partial charge in [0.15, 0.2) is 5.82 Å². The molecule has 158 valence electrons. The zero-order valence-corrected chi connectivity index (χ0v) is 17.6. The molecule has 2 heterocycles. The van der Waals surface area contributed by atoms with Gasteiger partial charge in [-0.3, -0.25) is 0 Å². The van der Waals surface area contributed by atoms with Crippen LogP contribution >= 0.6 is 0 Å². The second kappa shape index (κ2) is 6.55. The number of aromatic nitrogens is 3. The smallest absolute Gasteiger partial charge is 0.253 e. The van der Waals surface area contributed by atoms with Crippen molar-refractivity contribution in [1.82, 2.24) is 15.3 Å². The first-order valence-corrected chi connectivity index (χ1v) is 11.6. The minimum Gasteiger partial charge on any atom is -0.384 e. The maximum absolute atomic E-state index is 5.59. The molecule has 0 amide bonds. The van der Waals surface area contributed by atoms with Crippen molar-refractivity contribution in [2.45, 2.75) is 63.2 Å². The van der Waals surface area contributed by atoms with Crippen LogP contribution in [0.4, 0.5) is 5.69 Å². The Hall–Kier alpha value is -2.89. The van der Waals surface area contributed by atoms with E-state index >= 15 is 0 Å². The first kappa shape index (κ1) is 17.8. The summed E-state index contributed by atoms with van der Waals surface area (Å²) in [5.41, 5.74) is 6.40. The maximum atomic E-state index is 5.59. The van der Waals surface area contributed by atoms with Gasteiger partial charge in [0.1, 0.15) is 11.5 Å². The Bertz CT molecular complexity index is 1170. The number of anilines is 1. The van der Waals surface area contributed by atoms with E-state index in [4.69, 9.17) is 9.05 Å². The second-order valence-electron chi connectivity index (χ2n) is 9.99. The first-order valence-electron chi connectivity index (χ1n) is 11.6. The number of nitrogens with one attached hydrogen (secondary N) is 1. The highest BCUT2D eigenvalue weighted by atomic mass is 16.5. The van der Waals surface area contributed by atoms with E-state index in [2.05, 4.69) is 50.9 Å². The Balaban J connectivity index is 1.02. The minimum atomic E-state index is 0.362. The molecule has 5 aliphatic rings. The number of benzene rings is 1. The number of nitrogens with zero attached hydrogens (tertiary/aromatic N) is 3. The van der Waals surface area contributed by atoms with E-state index < -0.39 is 0 Å².